The number of rotatable bonds is 8. The van der Waals surface area contributed by atoms with Crippen molar-refractivity contribution in [2.45, 2.75) is 51.0 Å². The third-order valence-electron chi connectivity index (χ3n) is 4.23. The van der Waals surface area contributed by atoms with Crippen LogP contribution in [0, 0.1) is 0 Å². The van der Waals surface area contributed by atoms with Crippen LogP contribution in [0.5, 0.6) is 5.75 Å². The van der Waals surface area contributed by atoms with Gasteiger partial charge >= 0.3 is 0 Å². The minimum atomic E-state index is 0.219. The lowest BCUT2D eigenvalue weighted by Gasteiger charge is -2.23. The topological polar surface area (TPSA) is 50.4 Å². The summed E-state index contributed by atoms with van der Waals surface area (Å²) in [6, 6.07) is 8.61. The van der Waals surface area contributed by atoms with Crippen molar-refractivity contribution in [1.82, 2.24) is 10.6 Å². The third kappa shape index (κ3) is 6.06. The molecule has 1 fully saturated rings. The van der Waals surface area contributed by atoms with Crippen molar-refractivity contribution in [3.63, 3.8) is 0 Å². The van der Waals surface area contributed by atoms with E-state index in [2.05, 4.69) is 22.8 Å². The van der Waals surface area contributed by atoms with Gasteiger partial charge in [0.1, 0.15) is 5.75 Å². The van der Waals surface area contributed by atoms with Gasteiger partial charge in [0, 0.05) is 12.5 Å². The van der Waals surface area contributed by atoms with Gasteiger partial charge in [0.05, 0.1) is 7.11 Å². The molecule has 0 aliphatic carbocycles. The molecule has 0 radical (unpaired) electrons. The van der Waals surface area contributed by atoms with Gasteiger partial charge < -0.3 is 15.4 Å². The number of nitrogens with one attached hydrogen (secondary N) is 2. The summed E-state index contributed by atoms with van der Waals surface area (Å²) in [6.07, 6.45) is 7.06. The first-order valence-electron chi connectivity index (χ1n) is 8.41. The highest BCUT2D eigenvalue weighted by atomic mass is 16.5. The maximum absolute atomic E-state index is 11.9. The number of carbonyl (C=O) groups excluding carboxylic acids is 1. The van der Waals surface area contributed by atoms with E-state index in [0.717, 1.165) is 57.4 Å². The summed E-state index contributed by atoms with van der Waals surface area (Å²) in [6.45, 7) is 2.04. The van der Waals surface area contributed by atoms with Crippen molar-refractivity contribution in [2.24, 2.45) is 0 Å². The third-order valence-corrected chi connectivity index (χ3v) is 4.23. The van der Waals surface area contributed by atoms with Gasteiger partial charge in [-0.1, -0.05) is 18.6 Å². The van der Waals surface area contributed by atoms with E-state index in [-0.39, 0.29) is 5.91 Å². The SMILES string of the molecule is COc1ccc(CCCCCC(=O)NC2CCNCC2)cc1. The quantitative estimate of drug-likeness (QED) is 0.726. The van der Waals surface area contributed by atoms with Gasteiger partial charge in [-0.15, -0.1) is 0 Å². The minimum absolute atomic E-state index is 0.219. The van der Waals surface area contributed by atoms with Crippen LogP contribution in [-0.2, 0) is 11.2 Å². The van der Waals surface area contributed by atoms with E-state index in [1.54, 1.807) is 7.11 Å². The maximum atomic E-state index is 11.9. The standard InChI is InChI=1S/C18H28N2O2/c1-22-17-9-7-15(8-10-17)5-3-2-4-6-18(21)20-16-11-13-19-14-12-16/h7-10,16,19H,2-6,11-14H2,1H3,(H,20,21). The van der Waals surface area contributed by atoms with Crippen LogP contribution >= 0.6 is 0 Å². The Balaban J connectivity index is 1.53. The van der Waals surface area contributed by atoms with Crippen LogP contribution in [0.1, 0.15) is 44.1 Å². The van der Waals surface area contributed by atoms with E-state index in [4.69, 9.17) is 4.74 Å². The number of piperidine rings is 1. The summed E-state index contributed by atoms with van der Waals surface area (Å²) in [5, 5.41) is 6.46. The smallest absolute Gasteiger partial charge is 0.220 e. The molecule has 0 unspecified atom stereocenters. The first kappa shape index (κ1) is 16.8. The highest BCUT2D eigenvalue weighted by molar-refractivity contribution is 5.76. The van der Waals surface area contributed by atoms with Gasteiger partial charge in [0.25, 0.3) is 0 Å². The number of aryl methyl sites for hydroxylation is 1. The molecule has 4 heteroatoms. The van der Waals surface area contributed by atoms with E-state index >= 15 is 0 Å². The lowest BCUT2D eigenvalue weighted by Crippen LogP contribution is -2.42. The van der Waals surface area contributed by atoms with Crippen LogP contribution in [0.25, 0.3) is 0 Å². The molecular formula is C18H28N2O2. The van der Waals surface area contributed by atoms with Crippen molar-refractivity contribution in [1.29, 1.82) is 0 Å². The molecule has 22 heavy (non-hydrogen) atoms. The molecule has 0 spiro atoms. The molecule has 1 aromatic carbocycles. The lowest BCUT2D eigenvalue weighted by molar-refractivity contribution is -0.122. The Morgan fingerprint density at radius 3 is 2.59 bits per heavy atom. The Bertz CT molecular complexity index is 439. The van der Waals surface area contributed by atoms with Crippen LogP contribution in [0.15, 0.2) is 24.3 Å². The monoisotopic (exact) mass is 304 g/mol. The van der Waals surface area contributed by atoms with E-state index in [1.165, 1.54) is 5.56 Å². The molecule has 1 heterocycles. The van der Waals surface area contributed by atoms with Crippen LogP contribution in [0.4, 0.5) is 0 Å². The zero-order chi connectivity index (χ0) is 15.6. The predicted molar refractivity (Wildman–Crippen MR) is 89.2 cm³/mol. The van der Waals surface area contributed by atoms with E-state index in [9.17, 15) is 4.79 Å². The number of ether oxygens (including phenoxy) is 1. The van der Waals surface area contributed by atoms with Gasteiger partial charge in [-0.3, -0.25) is 4.79 Å². The molecule has 1 saturated heterocycles. The number of benzene rings is 1. The van der Waals surface area contributed by atoms with Gasteiger partial charge in [-0.25, -0.2) is 0 Å². The second kappa shape index (κ2) is 9.46. The van der Waals surface area contributed by atoms with Crippen molar-refractivity contribution in [3.05, 3.63) is 29.8 Å². The fourth-order valence-corrected chi connectivity index (χ4v) is 2.85. The normalized spacial score (nSPS) is 15.5. The molecule has 2 rings (SSSR count). The van der Waals surface area contributed by atoms with Gasteiger partial charge in [0.2, 0.25) is 5.91 Å². The summed E-state index contributed by atoms with van der Waals surface area (Å²) < 4.78 is 5.15. The second-order valence-electron chi connectivity index (χ2n) is 6.00. The summed E-state index contributed by atoms with van der Waals surface area (Å²) >= 11 is 0. The molecule has 0 aromatic heterocycles. The highest BCUT2D eigenvalue weighted by Crippen LogP contribution is 2.14. The molecule has 1 aliphatic heterocycles. The maximum Gasteiger partial charge on any atom is 0.220 e. The first-order valence-corrected chi connectivity index (χ1v) is 8.41. The van der Waals surface area contributed by atoms with Gasteiger partial charge in [-0.2, -0.15) is 0 Å². The summed E-state index contributed by atoms with van der Waals surface area (Å²) in [5.74, 6) is 1.12. The van der Waals surface area contributed by atoms with Crippen molar-refractivity contribution in [2.75, 3.05) is 20.2 Å². The average molecular weight is 304 g/mol. The van der Waals surface area contributed by atoms with Gasteiger partial charge in [0.15, 0.2) is 0 Å². The number of methoxy groups -OCH3 is 1. The summed E-state index contributed by atoms with van der Waals surface area (Å²) in [7, 11) is 1.68. The number of hydrogen-bond donors (Lipinski definition) is 2. The van der Waals surface area contributed by atoms with Crippen LogP contribution in [0.3, 0.4) is 0 Å². The van der Waals surface area contributed by atoms with Crippen LogP contribution in [0.2, 0.25) is 0 Å². The van der Waals surface area contributed by atoms with E-state index < -0.39 is 0 Å². The number of hydrogen-bond acceptors (Lipinski definition) is 3. The second-order valence-corrected chi connectivity index (χ2v) is 6.00. The highest BCUT2D eigenvalue weighted by Gasteiger charge is 2.14. The molecule has 0 atom stereocenters. The Morgan fingerprint density at radius 2 is 1.91 bits per heavy atom. The Kier molecular flexibility index (Phi) is 7.23. The number of unbranched alkanes of at least 4 members (excludes halogenated alkanes) is 2. The Hall–Kier alpha value is -1.55. The zero-order valence-electron chi connectivity index (χ0n) is 13.6. The molecular weight excluding hydrogens is 276 g/mol. The molecule has 122 valence electrons. The molecule has 1 aliphatic rings. The molecule has 4 nitrogen and oxygen atoms in total. The minimum Gasteiger partial charge on any atom is -0.497 e. The molecule has 2 N–H and O–H groups in total. The lowest BCUT2D eigenvalue weighted by atomic mass is 10.0. The average Bonchev–Trinajstić information content (AvgIpc) is 2.56. The predicted octanol–water partition coefficient (Wildman–Crippen LogP) is 2.67. The number of amides is 1. The van der Waals surface area contributed by atoms with Gasteiger partial charge in [-0.05, 0) is 62.9 Å². The molecule has 0 bridgehead atoms. The van der Waals surface area contributed by atoms with E-state index in [1.807, 2.05) is 12.1 Å². The van der Waals surface area contributed by atoms with E-state index in [0.29, 0.717) is 12.5 Å². The Labute approximate surface area is 133 Å². The fourth-order valence-electron chi connectivity index (χ4n) is 2.85. The molecule has 1 amide bonds. The Morgan fingerprint density at radius 1 is 1.18 bits per heavy atom. The zero-order valence-corrected chi connectivity index (χ0v) is 13.6. The fraction of sp³-hybridized carbons (Fsp3) is 0.611. The first-order chi connectivity index (χ1) is 10.8. The number of carbonyl (C=O) groups is 1. The summed E-state index contributed by atoms with van der Waals surface area (Å²) in [4.78, 5) is 11.9. The summed E-state index contributed by atoms with van der Waals surface area (Å²) in [5.41, 5.74) is 1.33. The largest absolute Gasteiger partial charge is 0.497 e. The van der Waals surface area contributed by atoms with Crippen molar-refractivity contribution < 1.29 is 9.53 Å². The van der Waals surface area contributed by atoms with Crippen LogP contribution < -0.4 is 15.4 Å². The van der Waals surface area contributed by atoms with Crippen molar-refractivity contribution >= 4 is 5.91 Å². The van der Waals surface area contributed by atoms with Crippen LogP contribution in [-0.4, -0.2) is 32.1 Å². The molecule has 0 saturated carbocycles. The molecule has 1 aromatic rings. The van der Waals surface area contributed by atoms with Crippen molar-refractivity contribution in [3.8, 4) is 5.75 Å².